The zero-order valence-electron chi connectivity index (χ0n) is 20.1. The minimum atomic E-state index is -1.82. The Morgan fingerprint density at radius 2 is 1.37 bits per heavy atom. The molecule has 1 heterocycles. The zero-order chi connectivity index (χ0) is 26.0. The molecule has 1 aliphatic heterocycles. The van der Waals surface area contributed by atoms with E-state index in [2.05, 4.69) is 4.90 Å². The lowest BCUT2D eigenvalue weighted by Crippen LogP contribution is -2.48. The highest BCUT2D eigenvalue weighted by atomic mass is 16.5. The van der Waals surface area contributed by atoms with Gasteiger partial charge in [-0.3, -0.25) is 9.69 Å². The SMILES string of the molecule is COc1cc(OC)cc(C(=O)N2CCN(Cc3cccc(OC)c3OC)CC2)c1.O=C(O)C(=O)O. The first-order valence-electron chi connectivity index (χ1n) is 10.6. The Labute approximate surface area is 203 Å². The van der Waals surface area contributed by atoms with Gasteiger partial charge >= 0.3 is 11.9 Å². The molecule has 1 amide bonds. The summed E-state index contributed by atoms with van der Waals surface area (Å²) in [5.41, 5.74) is 1.65. The van der Waals surface area contributed by atoms with E-state index in [9.17, 15) is 4.79 Å². The molecule has 0 spiro atoms. The summed E-state index contributed by atoms with van der Waals surface area (Å²) in [6.45, 7) is 3.63. The number of hydrogen-bond donors (Lipinski definition) is 2. The van der Waals surface area contributed by atoms with Gasteiger partial charge in [-0.2, -0.15) is 0 Å². The van der Waals surface area contributed by atoms with Gasteiger partial charge in [-0.05, 0) is 18.2 Å². The highest BCUT2D eigenvalue weighted by Gasteiger charge is 2.24. The second kappa shape index (κ2) is 13.0. The van der Waals surface area contributed by atoms with Gasteiger partial charge < -0.3 is 34.1 Å². The summed E-state index contributed by atoms with van der Waals surface area (Å²) in [5, 5.41) is 14.8. The fourth-order valence-electron chi connectivity index (χ4n) is 3.54. The molecule has 1 saturated heterocycles. The van der Waals surface area contributed by atoms with Crippen LogP contribution in [0.1, 0.15) is 15.9 Å². The van der Waals surface area contributed by atoms with Crippen LogP contribution in [0, 0.1) is 0 Å². The highest BCUT2D eigenvalue weighted by Crippen LogP contribution is 2.31. The van der Waals surface area contributed by atoms with Crippen molar-refractivity contribution in [3.05, 3.63) is 47.5 Å². The molecule has 0 unspecified atom stereocenters. The van der Waals surface area contributed by atoms with Crippen LogP contribution in [0.15, 0.2) is 36.4 Å². The van der Waals surface area contributed by atoms with Crippen molar-refractivity contribution in [3.8, 4) is 23.0 Å². The Bertz CT molecular complexity index is 999. The zero-order valence-corrected chi connectivity index (χ0v) is 20.1. The molecule has 1 fully saturated rings. The van der Waals surface area contributed by atoms with E-state index in [4.69, 9.17) is 38.7 Å². The topological polar surface area (TPSA) is 135 Å². The van der Waals surface area contributed by atoms with E-state index in [1.807, 2.05) is 23.1 Å². The number of methoxy groups -OCH3 is 4. The van der Waals surface area contributed by atoms with Crippen LogP contribution in [0.2, 0.25) is 0 Å². The molecule has 3 rings (SSSR count). The summed E-state index contributed by atoms with van der Waals surface area (Å²) in [4.78, 5) is 35.3. The number of ether oxygens (including phenoxy) is 4. The first-order valence-corrected chi connectivity index (χ1v) is 10.6. The minimum absolute atomic E-state index is 0.0131. The van der Waals surface area contributed by atoms with Gasteiger partial charge in [-0.25, -0.2) is 9.59 Å². The lowest BCUT2D eigenvalue weighted by Gasteiger charge is -2.35. The summed E-state index contributed by atoms with van der Waals surface area (Å²) in [5.74, 6) is -0.957. The van der Waals surface area contributed by atoms with Crippen molar-refractivity contribution in [2.45, 2.75) is 6.54 Å². The van der Waals surface area contributed by atoms with E-state index in [1.54, 1.807) is 46.6 Å². The average molecular weight is 491 g/mol. The van der Waals surface area contributed by atoms with Gasteiger partial charge in [0.05, 0.1) is 28.4 Å². The maximum absolute atomic E-state index is 12.9. The third kappa shape index (κ3) is 7.51. The molecule has 190 valence electrons. The minimum Gasteiger partial charge on any atom is -0.497 e. The standard InChI is InChI=1S/C22H28N2O5.C2H2O4/c1-26-18-12-17(13-19(14-18)27-2)22(25)24-10-8-23(9-11-24)15-16-6-5-7-20(28-3)21(16)29-4;3-1(4)2(5)6/h5-7,12-14H,8-11,15H2,1-4H3;(H,3,4)(H,5,6). The molecule has 1 aliphatic rings. The van der Waals surface area contributed by atoms with Crippen LogP contribution in [-0.2, 0) is 16.1 Å². The van der Waals surface area contributed by atoms with E-state index < -0.39 is 11.9 Å². The smallest absolute Gasteiger partial charge is 0.414 e. The number of hydrogen-bond acceptors (Lipinski definition) is 8. The van der Waals surface area contributed by atoms with Crippen molar-refractivity contribution in [2.24, 2.45) is 0 Å². The summed E-state index contributed by atoms with van der Waals surface area (Å²) in [7, 11) is 6.45. The molecule has 11 nitrogen and oxygen atoms in total. The number of piperazine rings is 1. The number of carbonyl (C=O) groups excluding carboxylic acids is 1. The van der Waals surface area contributed by atoms with Crippen LogP contribution in [0.3, 0.4) is 0 Å². The third-order valence-corrected chi connectivity index (χ3v) is 5.32. The summed E-state index contributed by atoms with van der Waals surface area (Å²) >= 11 is 0. The van der Waals surface area contributed by atoms with Gasteiger partial charge in [-0.15, -0.1) is 0 Å². The molecule has 0 radical (unpaired) electrons. The van der Waals surface area contributed by atoms with Crippen molar-refractivity contribution in [1.82, 2.24) is 9.80 Å². The largest absolute Gasteiger partial charge is 0.497 e. The molecular formula is C24H30N2O9. The Morgan fingerprint density at radius 1 is 0.800 bits per heavy atom. The Balaban J connectivity index is 0.000000641. The van der Waals surface area contributed by atoms with E-state index >= 15 is 0 Å². The number of para-hydroxylation sites is 1. The maximum atomic E-state index is 12.9. The number of carbonyl (C=O) groups is 3. The second-order valence-electron chi connectivity index (χ2n) is 7.43. The molecule has 0 aliphatic carbocycles. The molecule has 0 bridgehead atoms. The second-order valence-corrected chi connectivity index (χ2v) is 7.43. The summed E-state index contributed by atoms with van der Waals surface area (Å²) in [6.07, 6.45) is 0. The summed E-state index contributed by atoms with van der Waals surface area (Å²) in [6, 6.07) is 11.2. The number of aliphatic carboxylic acids is 2. The molecule has 35 heavy (non-hydrogen) atoms. The highest BCUT2D eigenvalue weighted by molar-refractivity contribution is 6.27. The first-order chi connectivity index (χ1) is 16.7. The van der Waals surface area contributed by atoms with Crippen molar-refractivity contribution >= 4 is 17.8 Å². The molecule has 2 N–H and O–H groups in total. The number of carboxylic acids is 2. The fraction of sp³-hybridized carbons (Fsp3) is 0.375. The van der Waals surface area contributed by atoms with Gasteiger partial charge in [-0.1, -0.05) is 12.1 Å². The van der Waals surface area contributed by atoms with Gasteiger partial charge in [0.1, 0.15) is 11.5 Å². The number of carboxylic acid groups (broad SMARTS) is 2. The number of amides is 1. The molecular weight excluding hydrogens is 460 g/mol. The maximum Gasteiger partial charge on any atom is 0.414 e. The van der Waals surface area contributed by atoms with Crippen LogP contribution in [0.4, 0.5) is 0 Å². The Morgan fingerprint density at radius 3 is 1.83 bits per heavy atom. The third-order valence-electron chi connectivity index (χ3n) is 5.32. The van der Waals surface area contributed by atoms with Crippen LogP contribution in [-0.4, -0.2) is 92.5 Å². The average Bonchev–Trinajstić information content (AvgIpc) is 2.88. The number of benzene rings is 2. The summed E-state index contributed by atoms with van der Waals surface area (Å²) < 4.78 is 21.5. The lowest BCUT2D eigenvalue weighted by molar-refractivity contribution is -0.159. The fourth-order valence-corrected chi connectivity index (χ4v) is 3.54. The lowest BCUT2D eigenvalue weighted by atomic mass is 10.1. The molecule has 0 saturated carbocycles. The molecule has 2 aromatic carbocycles. The molecule has 0 atom stereocenters. The van der Waals surface area contributed by atoms with Crippen LogP contribution < -0.4 is 18.9 Å². The quantitative estimate of drug-likeness (QED) is 0.554. The van der Waals surface area contributed by atoms with Crippen molar-refractivity contribution < 1.29 is 43.5 Å². The van der Waals surface area contributed by atoms with Crippen molar-refractivity contribution in [3.63, 3.8) is 0 Å². The molecule has 2 aromatic rings. The van der Waals surface area contributed by atoms with E-state index in [0.717, 1.165) is 36.7 Å². The molecule has 11 heteroatoms. The predicted molar refractivity (Wildman–Crippen MR) is 126 cm³/mol. The predicted octanol–water partition coefficient (Wildman–Crippen LogP) is 1.83. The monoisotopic (exact) mass is 490 g/mol. The first kappa shape index (κ1) is 27.3. The Hall–Kier alpha value is -3.99. The van der Waals surface area contributed by atoms with Crippen LogP contribution >= 0.6 is 0 Å². The van der Waals surface area contributed by atoms with E-state index in [-0.39, 0.29) is 5.91 Å². The number of nitrogens with zero attached hydrogens (tertiary/aromatic N) is 2. The van der Waals surface area contributed by atoms with Gasteiger partial charge in [0, 0.05) is 49.9 Å². The van der Waals surface area contributed by atoms with Gasteiger partial charge in [0.25, 0.3) is 5.91 Å². The number of rotatable bonds is 7. The van der Waals surface area contributed by atoms with Gasteiger partial charge in [0.15, 0.2) is 11.5 Å². The van der Waals surface area contributed by atoms with Crippen molar-refractivity contribution in [2.75, 3.05) is 54.6 Å². The van der Waals surface area contributed by atoms with Crippen molar-refractivity contribution in [1.29, 1.82) is 0 Å². The Kier molecular flexibility index (Phi) is 10.2. The van der Waals surface area contributed by atoms with E-state index in [1.165, 1.54) is 0 Å². The van der Waals surface area contributed by atoms with Gasteiger partial charge in [0.2, 0.25) is 0 Å². The van der Waals surface area contributed by atoms with Crippen LogP contribution in [0.5, 0.6) is 23.0 Å². The normalized spacial score (nSPS) is 13.2. The van der Waals surface area contributed by atoms with E-state index in [0.29, 0.717) is 30.2 Å². The van der Waals surface area contributed by atoms with Crippen LogP contribution in [0.25, 0.3) is 0 Å². The molecule has 0 aromatic heterocycles.